The number of nitrogens with one attached hydrogen (secondary N) is 1. The third-order valence-corrected chi connectivity index (χ3v) is 4.18. The average molecular weight is 327 g/mol. The van der Waals surface area contributed by atoms with Crippen molar-refractivity contribution in [3.8, 4) is 22.9 Å². The molecular weight excluding hydrogens is 302 g/mol. The van der Waals surface area contributed by atoms with Crippen molar-refractivity contribution in [1.29, 1.82) is 0 Å². The highest BCUT2D eigenvalue weighted by Gasteiger charge is 2.16. The van der Waals surface area contributed by atoms with E-state index in [1.165, 1.54) is 0 Å². The zero-order valence-corrected chi connectivity index (χ0v) is 14.4. The average Bonchev–Trinajstić information content (AvgIpc) is 2.91. The maximum atomic E-state index is 5.54. The van der Waals surface area contributed by atoms with Crippen molar-refractivity contribution in [2.45, 2.75) is 13.3 Å². The molecule has 2 aromatic rings. The molecule has 5 heteroatoms. The number of aromatic nitrogens is 1. The van der Waals surface area contributed by atoms with Crippen LogP contribution < -0.4 is 19.7 Å². The van der Waals surface area contributed by atoms with Crippen LogP contribution in [0.1, 0.15) is 13.3 Å². The molecule has 0 amide bonds. The standard InChI is InChI=1S/C19H25N3O2/c1-3-24-16-7-5-15(6-8-16)19-17(9-10-18(21-19)23-2)22-13-4-11-20-12-14-22/h5-10,20H,3-4,11-14H2,1-2H3. The maximum absolute atomic E-state index is 5.54. The smallest absolute Gasteiger partial charge is 0.213 e. The Morgan fingerprint density at radius 2 is 1.92 bits per heavy atom. The van der Waals surface area contributed by atoms with E-state index in [4.69, 9.17) is 14.5 Å². The Bertz CT molecular complexity index is 650. The minimum absolute atomic E-state index is 0.635. The number of benzene rings is 1. The molecule has 1 fully saturated rings. The van der Waals surface area contributed by atoms with Gasteiger partial charge in [-0.1, -0.05) is 0 Å². The lowest BCUT2D eigenvalue weighted by atomic mass is 10.1. The first-order chi connectivity index (χ1) is 11.8. The van der Waals surface area contributed by atoms with E-state index in [2.05, 4.69) is 28.4 Å². The summed E-state index contributed by atoms with van der Waals surface area (Å²) in [7, 11) is 1.65. The molecule has 1 aliphatic heterocycles. The highest BCUT2D eigenvalue weighted by molar-refractivity contribution is 5.76. The van der Waals surface area contributed by atoms with Crippen LogP contribution in [0.25, 0.3) is 11.3 Å². The second kappa shape index (κ2) is 8.02. The van der Waals surface area contributed by atoms with Gasteiger partial charge in [0.15, 0.2) is 0 Å². The van der Waals surface area contributed by atoms with E-state index < -0.39 is 0 Å². The molecule has 0 unspecified atom stereocenters. The van der Waals surface area contributed by atoms with Crippen LogP contribution in [0.2, 0.25) is 0 Å². The summed E-state index contributed by atoms with van der Waals surface area (Å²) < 4.78 is 10.9. The van der Waals surface area contributed by atoms with E-state index in [1.807, 2.05) is 25.1 Å². The van der Waals surface area contributed by atoms with Crippen molar-refractivity contribution in [2.75, 3.05) is 44.8 Å². The zero-order valence-electron chi connectivity index (χ0n) is 14.4. The van der Waals surface area contributed by atoms with Crippen molar-refractivity contribution >= 4 is 5.69 Å². The summed E-state index contributed by atoms with van der Waals surface area (Å²) in [5.41, 5.74) is 3.19. The first-order valence-corrected chi connectivity index (χ1v) is 8.55. The fourth-order valence-corrected chi connectivity index (χ4v) is 2.98. The van der Waals surface area contributed by atoms with Crippen LogP contribution >= 0.6 is 0 Å². The molecule has 24 heavy (non-hydrogen) atoms. The van der Waals surface area contributed by atoms with Crippen molar-refractivity contribution < 1.29 is 9.47 Å². The van der Waals surface area contributed by atoms with E-state index in [0.717, 1.165) is 55.3 Å². The Morgan fingerprint density at radius 3 is 2.67 bits per heavy atom. The SMILES string of the molecule is CCOc1ccc(-c2nc(OC)ccc2N2CCCNCC2)cc1. The minimum Gasteiger partial charge on any atom is -0.494 e. The molecule has 3 rings (SSSR count). The van der Waals surface area contributed by atoms with E-state index >= 15 is 0 Å². The molecule has 2 heterocycles. The van der Waals surface area contributed by atoms with Gasteiger partial charge in [-0.05, 0) is 50.2 Å². The van der Waals surface area contributed by atoms with E-state index in [1.54, 1.807) is 7.11 Å². The summed E-state index contributed by atoms with van der Waals surface area (Å²) in [5.74, 6) is 1.51. The summed E-state index contributed by atoms with van der Waals surface area (Å²) in [5, 5.41) is 3.45. The predicted octanol–water partition coefficient (Wildman–Crippen LogP) is 2.96. The van der Waals surface area contributed by atoms with E-state index in [-0.39, 0.29) is 0 Å². The molecule has 0 radical (unpaired) electrons. The fourth-order valence-electron chi connectivity index (χ4n) is 2.98. The van der Waals surface area contributed by atoms with Gasteiger partial charge in [0.2, 0.25) is 5.88 Å². The van der Waals surface area contributed by atoms with Gasteiger partial charge >= 0.3 is 0 Å². The third-order valence-electron chi connectivity index (χ3n) is 4.18. The Hall–Kier alpha value is -2.27. The van der Waals surface area contributed by atoms with Crippen LogP contribution in [0.5, 0.6) is 11.6 Å². The Kier molecular flexibility index (Phi) is 5.54. The predicted molar refractivity (Wildman–Crippen MR) is 97.1 cm³/mol. The second-order valence-electron chi connectivity index (χ2n) is 5.77. The summed E-state index contributed by atoms with van der Waals surface area (Å²) in [6, 6.07) is 12.2. The van der Waals surface area contributed by atoms with Gasteiger partial charge in [-0.25, -0.2) is 4.98 Å². The number of nitrogens with zero attached hydrogens (tertiary/aromatic N) is 2. The molecule has 1 saturated heterocycles. The lowest BCUT2D eigenvalue weighted by Crippen LogP contribution is -2.28. The number of hydrogen-bond donors (Lipinski definition) is 1. The van der Waals surface area contributed by atoms with Crippen LogP contribution in [-0.4, -0.2) is 44.9 Å². The number of anilines is 1. The monoisotopic (exact) mass is 327 g/mol. The number of ether oxygens (including phenoxy) is 2. The van der Waals surface area contributed by atoms with Gasteiger partial charge in [0.1, 0.15) is 5.75 Å². The zero-order chi connectivity index (χ0) is 16.8. The fraction of sp³-hybridized carbons (Fsp3) is 0.421. The first-order valence-electron chi connectivity index (χ1n) is 8.55. The summed E-state index contributed by atoms with van der Waals surface area (Å²) in [6.07, 6.45) is 1.13. The van der Waals surface area contributed by atoms with Gasteiger partial charge in [-0.3, -0.25) is 0 Å². The number of hydrogen-bond acceptors (Lipinski definition) is 5. The molecule has 1 aromatic carbocycles. The molecule has 5 nitrogen and oxygen atoms in total. The lowest BCUT2D eigenvalue weighted by Gasteiger charge is -2.25. The van der Waals surface area contributed by atoms with Crippen LogP contribution in [0, 0.1) is 0 Å². The van der Waals surface area contributed by atoms with E-state index in [0.29, 0.717) is 12.5 Å². The topological polar surface area (TPSA) is 46.6 Å². The number of methoxy groups -OCH3 is 1. The quantitative estimate of drug-likeness (QED) is 0.915. The molecule has 0 atom stereocenters. The summed E-state index contributed by atoms with van der Waals surface area (Å²) >= 11 is 0. The molecule has 0 bridgehead atoms. The minimum atomic E-state index is 0.635. The first kappa shape index (κ1) is 16.6. The lowest BCUT2D eigenvalue weighted by molar-refractivity contribution is 0.340. The largest absolute Gasteiger partial charge is 0.494 e. The molecule has 1 aromatic heterocycles. The summed E-state index contributed by atoms with van der Waals surface area (Å²) in [6.45, 7) is 6.74. The highest BCUT2D eigenvalue weighted by atomic mass is 16.5. The molecule has 128 valence electrons. The highest BCUT2D eigenvalue weighted by Crippen LogP contribution is 2.32. The molecular formula is C19H25N3O2. The van der Waals surface area contributed by atoms with Gasteiger partial charge in [-0.2, -0.15) is 0 Å². The van der Waals surface area contributed by atoms with Gasteiger partial charge in [0, 0.05) is 31.3 Å². The van der Waals surface area contributed by atoms with E-state index in [9.17, 15) is 0 Å². The molecule has 1 aliphatic rings. The molecule has 0 aliphatic carbocycles. The second-order valence-corrected chi connectivity index (χ2v) is 5.77. The maximum Gasteiger partial charge on any atom is 0.213 e. The Labute approximate surface area is 143 Å². The summed E-state index contributed by atoms with van der Waals surface area (Å²) in [4.78, 5) is 7.12. The van der Waals surface area contributed by atoms with Gasteiger partial charge in [0.25, 0.3) is 0 Å². The van der Waals surface area contributed by atoms with Crippen LogP contribution in [0.15, 0.2) is 36.4 Å². The van der Waals surface area contributed by atoms with Crippen molar-refractivity contribution in [1.82, 2.24) is 10.3 Å². The normalized spacial score (nSPS) is 15.0. The molecule has 0 spiro atoms. The molecule has 1 N–H and O–H groups in total. The third kappa shape index (κ3) is 3.79. The van der Waals surface area contributed by atoms with Gasteiger partial charge < -0.3 is 19.7 Å². The van der Waals surface area contributed by atoms with Gasteiger partial charge in [-0.15, -0.1) is 0 Å². The number of pyridine rings is 1. The molecule has 0 saturated carbocycles. The van der Waals surface area contributed by atoms with Gasteiger partial charge in [0.05, 0.1) is 25.1 Å². The Morgan fingerprint density at radius 1 is 1.08 bits per heavy atom. The van der Waals surface area contributed by atoms with Crippen LogP contribution in [0.3, 0.4) is 0 Å². The van der Waals surface area contributed by atoms with Crippen LogP contribution in [-0.2, 0) is 0 Å². The van der Waals surface area contributed by atoms with Crippen molar-refractivity contribution in [3.05, 3.63) is 36.4 Å². The Balaban J connectivity index is 1.97. The van der Waals surface area contributed by atoms with Crippen LogP contribution in [0.4, 0.5) is 5.69 Å². The number of rotatable bonds is 5. The van der Waals surface area contributed by atoms with Crippen molar-refractivity contribution in [2.24, 2.45) is 0 Å². The van der Waals surface area contributed by atoms with Crippen molar-refractivity contribution in [3.63, 3.8) is 0 Å².